The molecule has 2 aromatic rings. The summed E-state index contributed by atoms with van der Waals surface area (Å²) in [6, 6.07) is 6.88. The molecular weight excluding hydrogens is 194 g/mol. The Morgan fingerprint density at radius 3 is 2.80 bits per heavy atom. The van der Waals surface area contributed by atoms with Crippen molar-refractivity contribution in [1.82, 2.24) is 15.0 Å². The van der Waals surface area contributed by atoms with Crippen LogP contribution in [0.2, 0.25) is 0 Å². The summed E-state index contributed by atoms with van der Waals surface area (Å²) in [5.74, 6) is 0.151. The Kier molecular flexibility index (Phi) is 2.64. The molecular formula is C10H11N3O2. The SMILES string of the molecule is OCCc1cn(-c2ccccc2O)nn1. The van der Waals surface area contributed by atoms with Gasteiger partial charge in [0.1, 0.15) is 11.4 Å². The van der Waals surface area contributed by atoms with Crippen LogP contribution >= 0.6 is 0 Å². The summed E-state index contributed by atoms with van der Waals surface area (Å²) in [4.78, 5) is 0. The van der Waals surface area contributed by atoms with Crippen LogP contribution in [-0.2, 0) is 6.42 Å². The molecule has 2 rings (SSSR count). The van der Waals surface area contributed by atoms with E-state index >= 15 is 0 Å². The first-order valence-corrected chi connectivity index (χ1v) is 4.61. The largest absolute Gasteiger partial charge is 0.506 e. The van der Waals surface area contributed by atoms with E-state index in [2.05, 4.69) is 10.3 Å². The number of nitrogens with zero attached hydrogens (tertiary/aromatic N) is 3. The number of para-hydroxylation sites is 2. The lowest BCUT2D eigenvalue weighted by Crippen LogP contribution is -1.94. The highest BCUT2D eigenvalue weighted by Gasteiger charge is 2.05. The Bertz CT molecular complexity index is 453. The normalized spacial score (nSPS) is 10.5. The standard InChI is InChI=1S/C10H11N3O2/c14-6-5-8-7-13(12-11-8)9-3-1-2-4-10(9)15/h1-4,7,14-15H,5-6H2. The molecule has 0 spiro atoms. The number of aromatic hydroxyl groups is 1. The maximum atomic E-state index is 9.57. The molecule has 0 saturated heterocycles. The van der Waals surface area contributed by atoms with E-state index in [0.29, 0.717) is 17.8 Å². The highest BCUT2D eigenvalue weighted by Crippen LogP contribution is 2.19. The Hall–Kier alpha value is -1.88. The number of aromatic nitrogens is 3. The monoisotopic (exact) mass is 205 g/mol. The van der Waals surface area contributed by atoms with Crippen molar-refractivity contribution in [2.24, 2.45) is 0 Å². The first-order chi connectivity index (χ1) is 7.31. The van der Waals surface area contributed by atoms with E-state index in [4.69, 9.17) is 5.11 Å². The molecule has 0 amide bonds. The number of phenols is 1. The summed E-state index contributed by atoms with van der Waals surface area (Å²) < 4.78 is 1.49. The molecule has 0 unspecified atom stereocenters. The van der Waals surface area contributed by atoms with Gasteiger partial charge in [-0.3, -0.25) is 0 Å². The fourth-order valence-corrected chi connectivity index (χ4v) is 1.30. The Balaban J connectivity index is 2.33. The van der Waals surface area contributed by atoms with Crippen molar-refractivity contribution in [2.75, 3.05) is 6.61 Å². The molecule has 5 heteroatoms. The van der Waals surface area contributed by atoms with Gasteiger partial charge in [-0.15, -0.1) is 5.10 Å². The van der Waals surface area contributed by atoms with Crippen LogP contribution in [0.15, 0.2) is 30.5 Å². The third-order valence-corrected chi connectivity index (χ3v) is 2.04. The molecule has 1 aromatic carbocycles. The average Bonchev–Trinajstić information content (AvgIpc) is 2.68. The average molecular weight is 205 g/mol. The number of phenolic OH excluding ortho intramolecular Hbond substituents is 1. The van der Waals surface area contributed by atoms with Gasteiger partial charge in [0, 0.05) is 13.0 Å². The van der Waals surface area contributed by atoms with Gasteiger partial charge >= 0.3 is 0 Å². The lowest BCUT2D eigenvalue weighted by atomic mass is 10.3. The Labute approximate surface area is 86.6 Å². The smallest absolute Gasteiger partial charge is 0.141 e. The number of rotatable bonds is 3. The van der Waals surface area contributed by atoms with Gasteiger partial charge in [0.05, 0.1) is 11.9 Å². The quantitative estimate of drug-likeness (QED) is 0.765. The third kappa shape index (κ3) is 1.97. The second-order valence-electron chi connectivity index (χ2n) is 3.12. The van der Waals surface area contributed by atoms with Gasteiger partial charge in [-0.05, 0) is 12.1 Å². The molecule has 1 aromatic heterocycles. The molecule has 0 atom stereocenters. The van der Waals surface area contributed by atoms with Crippen LogP contribution in [0.3, 0.4) is 0 Å². The van der Waals surface area contributed by atoms with Crippen molar-refractivity contribution in [3.8, 4) is 11.4 Å². The number of benzene rings is 1. The van der Waals surface area contributed by atoms with Crippen molar-refractivity contribution in [3.63, 3.8) is 0 Å². The van der Waals surface area contributed by atoms with Gasteiger partial charge in [-0.2, -0.15) is 0 Å². The lowest BCUT2D eigenvalue weighted by Gasteiger charge is -2.01. The summed E-state index contributed by atoms with van der Waals surface area (Å²) >= 11 is 0. The van der Waals surface area contributed by atoms with Crippen molar-refractivity contribution >= 4 is 0 Å². The van der Waals surface area contributed by atoms with Gasteiger partial charge in [0.25, 0.3) is 0 Å². The maximum absolute atomic E-state index is 9.57. The molecule has 0 saturated carbocycles. The zero-order chi connectivity index (χ0) is 10.7. The molecule has 0 bridgehead atoms. The van der Waals surface area contributed by atoms with Crippen molar-refractivity contribution in [2.45, 2.75) is 6.42 Å². The van der Waals surface area contributed by atoms with E-state index in [0.717, 1.165) is 0 Å². The zero-order valence-electron chi connectivity index (χ0n) is 8.04. The van der Waals surface area contributed by atoms with Gasteiger partial charge in [-0.1, -0.05) is 17.3 Å². The van der Waals surface area contributed by atoms with Gasteiger partial charge < -0.3 is 10.2 Å². The summed E-state index contributed by atoms with van der Waals surface area (Å²) in [6.45, 7) is 0.0411. The van der Waals surface area contributed by atoms with Crippen molar-refractivity contribution in [3.05, 3.63) is 36.2 Å². The number of hydrogen-bond donors (Lipinski definition) is 2. The minimum absolute atomic E-state index is 0.0411. The summed E-state index contributed by atoms with van der Waals surface area (Å²) in [6.07, 6.45) is 2.15. The minimum Gasteiger partial charge on any atom is -0.506 e. The van der Waals surface area contributed by atoms with Crippen LogP contribution < -0.4 is 0 Å². The summed E-state index contributed by atoms with van der Waals surface area (Å²) in [5.41, 5.74) is 1.27. The molecule has 0 aliphatic rings. The van der Waals surface area contributed by atoms with Crippen LogP contribution in [0.25, 0.3) is 5.69 Å². The fraction of sp³-hybridized carbons (Fsp3) is 0.200. The van der Waals surface area contributed by atoms with E-state index in [1.807, 2.05) is 6.07 Å². The number of aliphatic hydroxyl groups excluding tert-OH is 1. The van der Waals surface area contributed by atoms with Crippen LogP contribution in [0.1, 0.15) is 5.69 Å². The molecule has 15 heavy (non-hydrogen) atoms. The fourth-order valence-electron chi connectivity index (χ4n) is 1.30. The first-order valence-electron chi connectivity index (χ1n) is 4.61. The van der Waals surface area contributed by atoms with E-state index < -0.39 is 0 Å². The highest BCUT2D eigenvalue weighted by molar-refractivity contribution is 5.44. The molecule has 1 heterocycles. The van der Waals surface area contributed by atoms with E-state index in [1.165, 1.54) is 4.68 Å². The lowest BCUT2D eigenvalue weighted by molar-refractivity contribution is 0.298. The van der Waals surface area contributed by atoms with E-state index in [-0.39, 0.29) is 12.4 Å². The van der Waals surface area contributed by atoms with Crippen LogP contribution in [0.4, 0.5) is 0 Å². The number of hydrogen-bond acceptors (Lipinski definition) is 4. The Morgan fingerprint density at radius 2 is 2.07 bits per heavy atom. The molecule has 0 radical (unpaired) electrons. The third-order valence-electron chi connectivity index (χ3n) is 2.04. The molecule has 0 aliphatic heterocycles. The second kappa shape index (κ2) is 4.10. The predicted octanol–water partition coefficient (Wildman–Crippen LogP) is 0.508. The van der Waals surface area contributed by atoms with E-state index in [1.54, 1.807) is 24.4 Å². The molecule has 78 valence electrons. The first kappa shape index (κ1) is 9.67. The molecule has 0 aliphatic carbocycles. The topological polar surface area (TPSA) is 71.2 Å². The maximum Gasteiger partial charge on any atom is 0.141 e. The Morgan fingerprint density at radius 1 is 1.27 bits per heavy atom. The highest BCUT2D eigenvalue weighted by atomic mass is 16.3. The summed E-state index contributed by atoms with van der Waals surface area (Å²) in [7, 11) is 0. The molecule has 2 N–H and O–H groups in total. The van der Waals surface area contributed by atoms with Gasteiger partial charge in [-0.25, -0.2) is 4.68 Å². The minimum atomic E-state index is 0.0411. The van der Waals surface area contributed by atoms with Crippen molar-refractivity contribution < 1.29 is 10.2 Å². The second-order valence-corrected chi connectivity index (χ2v) is 3.12. The zero-order valence-corrected chi connectivity index (χ0v) is 8.04. The molecule has 0 fully saturated rings. The van der Waals surface area contributed by atoms with E-state index in [9.17, 15) is 5.11 Å². The number of aliphatic hydroxyl groups is 1. The van der Waals surface area contributed by atoms with Crippen LogP contribution in [0.5, 0.6) is 5.75 Å². The van der Waals surface area contributed by atoms with Crippen molar-refractivity contribution in [1.29, 1.82) is 0 Å². The van der Waals surface area contributed by atoms with Crippen LogP contribution in [0, 0.1) is 0 Å². The van der Waals surface area contributed by atoms with Crippen LogP contribution in [-0.4, -0.2) is 31.8 Å². The van der Waals surface area contributed by atoms with Gasteiger partial charge in [0.2, 0.25) is 0 Å². The summed E-state index contributed by atoms with van der Waals surface area (Å²) in [5, 5.41) is 26.0. The van der Waals surface area contributed by atoms with Gasteiger partial charge in [0.15, 0.2) is 0 Å². The predicted molar refractivity (Wildman–Crippen MR) is 53.8 cm³/mol. The molecule has 5 nitrogen and oxygen atoms in total.